The van der Waals surface area contributed by atoms with Crippen LogP contribution in [-0.4, -0.2) is 19.2 Å². The molecular weight excluding hydrogens is 234 g/mol. The zero-order valence-corrected chi connectivity index (χ0v) is 12.3. The molecule has 19 heavy (non-hydrogen) atoms. The Bertz CT molecular complexity index is 371. The first kappa shape index (κ1) is 14.4. The van der Waals surface area contributed by atoms with Gasteiger partial charge in [0.15, 0.2) is 0 Å². The highest BCUT2D eigenvalue weighted by Crippen LogP contribution is 2.28. The summed E-state index contributed by atoms with van der Waals surface area (Å²) < 4.78 is 5.96. The second-order valence-corrected chi connectivity index (χ2v) is 5.63. The van der Waals surface area contributed by atoms with Crippen LogP contribution in [0.5, 0.6) is 5.75 Å². The number of benzene rings is 1. The maximum absolute atomic E-state index is 5.96. The van der Waals surface area contributed by atoms with Crippen molar-refractivity contribution < 1.29 is 4.74 Å². The highest BCUT2D eigenvalue weighted by molar-refractivity contribution is 5.35. The van der Waals surface area contributed by atoms with Crippen LogP contribution in [0.15, 0.2) is 24.3 Å². The Morgan fingerprint density at radius 3 is 2.74 bits per heavy atom. The van der Waals surface area contributed by atoms with Gasteiger partial charge in [-0.1, -0.05) is 44.9 Å². The predicted octanol–water partition coefficient (Wildman–Crippen LogP) is 4.11. The van der Waals surface area contributed by atoms with Crippen molar-refractivity contribution in [2.24, 2.45) is 0 Å². The Morgan fingerprint density at radius 2 is 2.00 bits per heavy atom. The van der Waals surface area contributed by atoms with Gasteiger partial charge in [-0.05, 0) is 36.8 Å². The molecule has 1 unspecified atom stereocenters. The fourth-order valence-corrected chi connectivity index (χ4v) is 2.79. The third kappa shape index (κ3) is 4.24. The summed E-state index contributed by atoms with van der Waals surface area (Å²) in [5.74, 6) is 1.63. The Labute approximate surface area is 117 Å². The van der Waals surface area contributed by atoms with Crippen LogP contribution in [-0.2, 0) is 0 Å². The van der Waals surface area contributed by atoms with E-state index >= 15 is 0 Å². The van der Waals surface area contributed by atoms with Gasteiger partial charge in [-0.25, -0.2) is 0 Å². The van der Waals surface area contributed by atoms with Gasteiger partial charge in [0.05, 0.1) is 0 Å². The molecule has 0 spiro atoms. The van der Waals surface area contributed by atoms with Crippen LogP contribution >= 0.6 is 0 Å². The van der Waals surface area contributed by atoms with Crippen LogP contribution in [0.25, 0.3) is 0 Å². The number of rotatable bonds is 7. The molecule has 1 fully saturated rings. The summed E-state index contributed by atoms with van der Waals surface area (Å²) in [6.45, 7) is 6.21. The molecule has 0 amide bonds. The number of nitrogens with one attached hydrogen (secondary N) is 1. The molecular formula is C17H27NO. The largest absolute Gasteiger partial charge is 0.492 e. The van der Waals surface area contributed by atoms with Gasteiger partial charge in [0.1, 0.15) is 12.4 Å². The van der Waals surface area contributed by atoms with E-state index in [9.17, 15) is 0 Å². The van der Waals surface area contributed by atoms with Gasteiger partial charge in [-0.2, -0.15) is 0 Å². The Hall–Kier alpha value is -1.02. The molecule has 1 atom stereocenters. The summed E-state index contributed by atoms with van der Waals surface area (Å²) in [7, 11) is 0. The first-order chi connectivity index (χ1) is 9.31. The Kier molecular flexibility index (Phi) is 5.71. The molecule has 0 heterocycles. The lowest BCUT2D eigenvalue weighted by Crippen LogP contribution is -2.30. The third-order valence-electron chi connectivity index (χ3n) is 4.21. The fourth-order valence-electron chi connectivity index (χ4n) is 2.79. The van der Waals surface area contributed by atoms with Crippen molar-refractivity contribution in [2.75, 3.05) is 13.2 Å². The van der Waals surface area contributed by atoms with Crippen LogP contribution in [0.2, 0.25) is 0 Å². The standard InChI is InChI=1S/C17H27NO/c1-3-14(2)16-10-6-7-11-17(16)19-13-12-18-15-8-4-5-9-15/h6-7,10-11,14-15,18H,3-5,8-9,12-13H2,1-2H3. The van der Waals surface area contributed by atoms with E-state index in [0.717, 1.165) is 31.4 Å². The Balaban J connectivity index is 1.78. The van der Waals surface area contributed by atoms with E-state index in [2.05, 4.69) is 43.4 Å². The molecule has 0 saturated heterocycles. The Morgan fingerprint density at radius 1 is 1.26 bits per heavy atom. The second-order valence-electron chi connectivity index (χ2n) is 5.63. The minimum atomic E-state index is 0.569. The lowest BCUT2D eigenvalue weighted by Gasteiger charge is -2.17. The third-order valence-corrected chi connectivity index (χ3v) is 4.21. The maximum atomic E-state index is 5.96. The van der Waals surface area contributed by atoms with E-state index < -0.39 is 0 Å². The SMILES string of the molecule is CCC(C)c1ccccc1OCCNC1CCCC1. The van der Waals surface area contributed by atoms with Crippen molar-refractivity contribution >= 4 is 0 Å². The van der Waals surface area contributed by atoms with Gasteiger partial charge < -0.3 is 10.1 Å². The lowest BCUT2D eigenvalue weighted by atomic mass is 9.98. The molecule has 0 aromatic heterocycles. The van der Waals surface area contributed by atoms with E-state index in [1.165, 1.54) is 31.2 Å². The molecule has 1 N–H and O–H groups in total. The van der Waals surface area contributed by atoms with Gasteiger partial charge in [0.25, 0.3) is 0 Å². The number of para-hydroxylation sites is 1. The molecule has 2 nitrogen and oxygen atoms in total. The quantitative estimate of drug-likeness (QED) is 0.746. The summed E-state index contributed by atoms with van der Waals surface area (Å²) in [6, 6.07) is 9.18. The van der Waals surface area contributed by atoms with Crippen molar-refractivity contribution in [3.05, 3.63) is 29.8 Å². The lowest BCUT2D eigenvalue weighted by molar-refractivity contribution is 0.301. The molecule has 1 aromatic rings. The molecule has 1 aliphatic carbocycles. The summed E-state index contributed by atoms with van der Waals surface area (Å²) in [6.07, 6.45) is 6.60. The molecule has 2 rings (SSSR count). The molecule has 106 valence electrons. The van der Waals surface area contributed by atoms with Crippen LogP contribution in [0.3, 0.4) is 0 Å². The summed E-state index contributed by atoms with van der Waals surface area (Å²) in [5.41, 5.74) is 1.34. The topological polar surface area (TPSA) is 21.3 Å². The van der Waals surface area contributed by atoms with Gasteiger partial charge in [-0.15, -0.1) is 0 Å². The average molecular weight is 261 g/mol. The summed E-state index contributed by atoms with van der Waals surface area (Å²) >= 11 is 0. The van der Waals surface area contributed by atoms with Gasteiger partial charge in [-0.3, -0.25) is 0 Å². The molecule has 0 bridgehead atoms. The normalized spacial score (nSPS) is 17.6. The van der Waals surface area contributed by atoms with E-state index in [1.54, 1.807) is 0 Å². The number of ether oxygens (including phenoxy) is 1. The van der Waals surface area contributed by atoms with Crippen LogP contribution in [0.1, 0.15) is 57.4 Å². The minimum Gasteiger partial charge on any atom is -0.492 e. The number of hydrogen-bond donors (Lipinski definition) is 1. The minimum absolute atomic E-state index is 0.569. The van der Waals surface area contributed by atoms with Crippen LogP contribution < -0.4 is 10.1 Å². The van der Waals surface area contributed by atoms with Crippen molar-refractivity contribution in [1.82, 2.24) is 5.32 Å². The molecule has 1 aromatic carbocycles. The van der Waals surface area contributed by atoms with Crippen LogP contribution in [0, 0.1) is 0 Å². The summed E-state index contributed by atoms with van der Waals surface area (Å²) in [5, 5.41) is 3.59. The molecule has 1 aliphatic rings. The molecule has 0 aliphatic heterocycles. The fraction of sp³-hybridized carbons (Fsp3) is 0.647. The van der Waals surface area contributed by atoms with E-state index in [1.807, 2.05) is 0 Å². The second kappa shape index (κ2) is 7.54. The summed E-state index contributed by atoms with van der Waals surface area (Å²) in [4.78, 5) is 0. The van der Waals surface area contributed by atoms with Gasteiger partial charge >= 0.3 is 0 Å². The van der Waals surface area contributed by atoms with Gasteiger partial charge in [0, 0.05) is 12.6 Å². The van der Waals surface area contributed by atoms with E-state index in [4.69, 9.17) is 4.74 Å². The molecule has 2 heteroatoms. The first-order valence-electron chi connectivity index (χ1n) is 7.76. The molecule has 0 radical (unpaired) electrons. The zero-order chi connectivity index (χ0) is 13.5. The highest BCUT2D eigenvalue weighted by atomic mass is 16.5. The monoisotopic (exact) mass is 261 g/mol. The molecule has 1 saturated carbocycles. The van der Waals surface area contributed by atoms with E-state index in [-0.39, 0.29) is 0 Å². The van der Waals surface area contributed by atoms with E-state index in [0.29, 0.717) is 5.92 Å². The maximum Gasteiger partial charge on any atom is 0.122 e. The van der Waals surface area contributed by atoms with Crippen molar-refractivity contribution in [3.8, 4) is 5.75 Å². The van der Waals surface area contributed by atoms with Crippen molar-refractivity contribution in [1.29, 1.82) is 0 Å². The predicted molar refractivity (Wildman–Crippen MR) is 80.9 cm³/mol. The first-order valence-corrected chi connectivity index (χ1v) is 7.76. The zero-order valence-electron chi connectivity index (χ0n) is 12.3. The van der Waals surface area contributed by atoms with Crippen molar-refractivity contribution in [3.63, 3.8) is 0 Å². The number of hydrogen-bond acceptors (Lipinski definition) is 2. The van der Waals surface area contributed by atoms with Gasteiger partial charge in [0.2, 0.25) is 0 Å². The average Bonchev–Trinajstić information content (AvgIpc) is 2.96. The smallest absolute Gasteiger partial charge is 0.122 e. The van der Waals surface area contributed by atoms with Crippen LogP contribution in [0.4, 0.5) is 0 Å². The van der Waals surface area contributed by atoms with Crippen molar-refractivity contribution in [2.45, 2.75) is 57.9 Å². The highest BCUT2D eigenvalue weighted by Gasteiger charge is 2.14.